The summed E-state index contributed by atoms with van der Waals surface area (Å²) >= 11 is 0. The number of hydrogen-bond acceptors (Lipinski definition) is 3. The number of rotatable bonds is 7. The molecule has 0 aromatic heterocycles. The van der Waals surface area contributed by atoms with Gasteiger partial charge in [0.1, 0.15) is 5.75 Å². The van der Waals surface area contributed by atoms with Crippen LogP contribution in [0.15, 0.2) is 24.3 Å². The van der Waals surface area contributed by atoms with Gasteiger partial charge < -0.3 is 15.8 Å². The average molecular weight is 264 g/mol. The molecule has 0 aliphatic heterocycles. The van der Waals surface area contributed by atoms with Crippen molar-refractivity contribution in [2.24, 2.45) is 11.7 Å². The van der Waals surface area contributed by atoms with Crippen molar-refractivity contribution in [3.63, 3.8) is 0 Å². The second-order valence-electron chi connectivity index (χ2n) is 4.69. The molecule has 0 saturated heterocycles. The fourth-order valence-corrected chi connectivity index (χ4v) is 2.05. The summed E-state index contributed by atoms with van der Waals surface area (Å²) in [5.41, 5.74) is 6.50. The van der Waals surface area contributed by atoms with E-state index in [9.17, 15) is 4.79 Å². The third-order valence-corrected chi connectivity index (χ3v) is 3.29. The normalized spacial score (nSPS) is 13.7. The van der Waals surface area contributed by atoms with Gasteiger partial charge in [0.05, 0.1) is 13.2 Å². The zero-order valence-electron chi connectivity index (χ0n) is 12.0. The van der Waals surface area contributed by atoms with E-state index in [1.54, 1.807) is 7.11 Å². The van der Waals surface area contributed by atoms with E-state index in [1.807, 2.05) is 38.1 Å². The highest BCUT2D eigenvalue weighted by atomic mass is 16.5. The van der Waals surface area contributed by atoms with Crippen LogP contribution in [0.25, 0.3) is 0 Å². The number of nitrogens with one attached hydrogen (secondary N) is 1. The number of amides is 1. The van der Waals surface area contributed by atoms with Gasteiger partial charge in [-0.25, -0.2) is 0 Å². The Morgan fingerprint density at radius 1 is 1.42 bits per heavy atom. The first-order valence-electron chi connectivity index (χ1n) is 6.77. The quantitative estimate of drug-likeness (QED) is 0.794. The number of para-hydroxylation sites is 1. The molecular weight excluding hydrogens is 240 g/mol. The van der Waals surface area contributed by atoms with Crippen molar-refractivity contribution in [1.29, 1.82) is 0 Å². The minimum atomic E-state index is -0.0613. The number of methoxy groups -OCH3 is 1. The van der Waals surface area contributed by atoms with Gasteiger partial charge in [-0.05, 0) is 25.5 Å². The molecule has 19 heavy (non-hydrogen) atoms. The lowest BCUT2D eigenvalue weighted by Crippen LogP contribution is -2.33. The highest BCUT2D eigenvalue weighted by Gasteiger charge is 2.19. The van der Waals surface area contributed by atoms with Gasteiger partial charge in [-0.3, -0.25) is 4.79 Å². The molecule has 1 aromatic carbocycles. The number of nitrogens with two attached hydrogens (primary N) is 1. The fraction of sp³-hybridized carbons (Fsp3) is 0.533. The zero-order chi connectivity index (χ0) is 14.3. The molecule has 0 heterocycles. The van der Waals surface area contributed by atoms with Gasteiger partial charge in [-0.15, -0.1) is 0 Å². The minimum Gasteiger partial charge on any atom is -0.496 e. The summed E-state index contributed by atoms with van der Waals surface area (Å²) in [5.74, 6) is 0.790. The van der Waals surface area contributed by atoms with Gasteiger partial charge in [-0.2, -0.15) is 0 Å². The molecule has 2 unspecified atom stereocenters. The van der Waals surface area contributed by atoms with Gasteiger partial charge >= 0.3 is 0 Å². The summed E-state index contributed by atoms with van der Waals surface area (Å²) in [6.45, 7) is 4.47. The van der Waals surface area contributed by atoms with E-state index in [1.165, 1.54) is 0 Å². The third-order valence-electron chi connectivity index (χ3n) is 3.29. The summed E-state index contributed by atoms with van der Waals surface area (Å²) < 4.78 is 5.35. The Kier molecular flexibility index (Phi) is 6.36. The monoisotopic (exact) mass is 264 g/mol. The summed E-state index contributed by atoms with van der Waals surface area (Å²) in [7, 11) is 1.64. The maximum absolute atomic E-state index is 12.1. The predicted molar refractivity (Wildman–Crippen MR) is 77.0 cm³/mol. The Bertz CT molecular complexity index is 407. The predicted octanol–water partition coefficient (Wildman–Crippen LogP) is 2.25. The van der Waals surface area contributed by atoms with Crippen LogP contribution in [-0.2, 0) is 4.79 Å². The van der Waals surface area contributed by atoms with Gasteiger partial charge in [0.15, 0.2) is 0 Å². The Hall–Kier alpha value is -1.55. The van der Waals surface area contributed by atoms with Crippen LogP contribution in [0.2, 0.25) is 0 Å². The van der Waals surface area contributed by atoms with E-state index in [-0.39, 0.29) is 17.9 Å². The molecule has 1 rings (SSSR count). The zero-order valence-corrected chi connectivity index (χ0v) is 12.0. The number of ether oxygens (including phenoxy) is 1. The number of carbonyl (C=O) groups is 1. The van der Waals surface area contributed by atoms with Crippen molar-refractivity contribution >= 4 is 5.91 Å². The molecule has 0 saturated carbocycles. The maximum Gasteiger partial charge on any atom is 0.223 e. The van der Waals surface area contributed by atoms with Crippen molar-refractivity contribution in [3.8, 4) is 5.75 Å². The third kappa shape index (κ3) is 4.24. The molecule has 1 amide bonds. The topological polar surface area (TPSA) is 64.4 Å². The van der Waals surface area contributed by atoms with E-state index in [0.29, 0.717) is 13.0 Å². The van der Waals surface area contributed by atoms with Crippen molar-refractivity contribution in [3.05, 3.63) is 29.8 Å². The lowest BCUT2D eigenvalue weighted by Gasteiger charge is -2.21. The first-order valence-corrected chi connectivity index (χ1v) is 6.77. The number of hydrogen-bond donors (Lipinski definition) is 2. The smallest absolute Gasteiger partial charge is 0.223 e. The van der Waals surface area contributed by atoms with Crippen LogP contribution < -0.4 is 15.8 Å². The van der Waals surface area contributed by atoms with Crippen molar-refractivity contribution in [2.75, 3.05) is 13.7 Å². The van der Waals surface area contributed by atoms with Gasteiger partial charge in [0, 0.05) is 11.5 Å². The van der Waals surface area contributed by atoms with Crippen molar-refractivity contribution in [2.45, 2.75) is 32.7 Å². The Morgan fingerprint density at radius 2 is 2.11 bits per heavy atom. The molecule has 0 aliphatic carbocycles. The molecule has 4 heteroatoms. The standard InChI is InChI=1S/C15H24N2O2/c1-4-13(17-15(18)11(2)9-10-16)12-7-5-6-8-14(12)19-3/h5-8,11,13H,4,9-10,16H2,1-3H3,(H,17,18). The van der Waals surface area contributed by atoms with Gasteiger partial charge in [-0.1, -0.05) is 32.0 Å². The minimum absolute atomic E-state index is 0.0242. The summed E-state index contributed by atoms with van der Waals surface area (Å²) in [6, 6.07) is 7.75. The van der Waals surface area contributed by atoms with Gasteiger partial charge in [0.2, 0.25) is 5.91 Å². The van der Waals surface area contributed by atoms with Crippen LogP contribution in [0, 0.1) is 5.92 Å². The molecule has 3 N–H and O–H groups in total. The summed E-state index contributed by atoms with van der Waals surface area (Å²) in [4.78, 5) is 12.1. The van der Waals surface area contributed by atoms with Crippen LogP contribution in [0.4, 0.5) is 0 Å². The van der Waals surface area contributed by atoms with E-state index < -0.39 is 0 Å². The molecule has 106 valence electrons. The van der Waals surface area contributed by atoms with E-state index in [4.69, 9.17) is 10.5 Å². The SMILES string of the molecule is CCC(NC(=O)C(C)CCN)c1ccccc1OC. The lowest BCUT2D eigenvalue weighted by molar-refractivity contribution is -0.125. The largest absolute Gasteiger partial charge is 0.496 e. The van der Waals surface area contributed by atoms with Crippen molar-refractivity contribution in [1.82, 2.24) is 5.32 Å². The highest BCUT2D eigenvalue weighted by Crippen LogP contribution is 2.27. The Labute approximate surface area is 115 Å². The summed E-state index contributed by atoms with van der Waals surface area (Å²) in [5, 5.41) is 3.07. The fourth-order valence-electron chi connectivity index (χ4n) is 2.05. The number of carbonyl (C=O) groups excluding carboxylic acids is 1. The summed E-state index contributed by atoms with van der Waals surface area (Å²) in [6.07, 6.45) is 1.52. The Balaban J connectivity index is 2.80. The maximum atomic E-state index is 12.1. The molecule has 0 fully saturated rings. The Morgan fingerprint density at radius 3 is 2.68 bits per heavy atom. The first-order chi connectivity index (χ1) is 9.13. The molecule has 0 radical (unpaired) electrons. The lowest BCUT2D eigenvalue weighted by atomic mass is 10.0. The number of benzene rings is 1. The van der Waals surface area contributed by atoms with Crippen molar-refractivity contribution < 1.29 is 9.53 Å². The molecule has 4 nitrogen and oxygen atoms in total. The van der Waals surface area contributed by atoms with Crippen LogP contribution in [0.1, 0.15) is 38.3 Å². The molecular formula is C15H24N2O2. The van der Waals surface area contributed by atoms with Crippen LogP contribution >= 0.6 is 0 Å². The first kappa shape index (κ1) is 15.5. The van der Waals surface area contributed by atoms with E-state index in [2.05, 4.69) is 5.32 Å². The van der Waals surface area contributed by atoms with E-state index >= 15 is 0 Å². The second-order valence-corrected chi connectivity index (χ2v) is 4.69. The second kappa shape index (κ2) is 7.79. The molecule has 0 spiro atoms. The van der Waals surface area contributed by atoms with Crippen LogP contribution in [0.3, 0.4) is 0 Å². The van der Waals surface area contributed by atoms with Gasteiger partial charge in [0.25, 0.3) is 0 Å². The van der Waals surface area contributed by atoms with E-state index in [0.717, 1.165) is 17.7 Å². The molecule has 2 atom stereocenters. The van der Waals surface area contributed by atoms with Crippen LogP contribution in [-0.4, -0.2) is 19.6 Å². The van der Waals surface area contributed by atoms with Crippen LogP contribution in [0.5, 0.6) is 5.75 Å². The molecule has 1 aromatic rings. The molecule has 0 aliphatic rings. The molecule has 0 bridgehead atoms. The average Bonchev–Trinajstić information content (AvgIpc) is 2.44. The highest BCUT2D eigenvalue weighted by molar-refractivity contribution is 5.78.